The number of ether oxygens (including phenoxy) is 1. The van der Waals surface area contributed by atoms with Gasteiger partial charge in [-0.25, -0.2) is 4.79 Å². The van der Waals surface area contributed by atoms with Gasteiger partial charge in [0.15, 0.2) is 0 Å². The van der Waals surface area contributed by atoms with Gasteiger partial charge in [0.25, 0.3) is 0 Å². The molecule has 2 amide bonds. The highest BCUT2D eigenvalue weighted by Gasteiger charge is 2.24. The van der Waals surface area contributed by atoms with Gasteiger partial charge >= 0.3 is 6.03 Å². The molecule has 2 rings (SSSR count). The highest BCUT2D eigenvalue weighted by Crippen LogP contribution is 2.31. The van der Waals surface area contributed by atoms with Crippen LogP contribution in [0.5, 0.6) is 5.75 Å². The molecular weight excluding hydrogens is 216 g/mol. The van der Waals surface area contributed by atoms with Crippen molar-refractivity contribution in [3.05, 3.63) is 29.8 Å². The molecule has 0 bridgehead atoms. The maximum absolute atomic E-state index is 11.6. The summed E-state index contributed by atoms with van der Waals surface area (Å²) in [4.78, 5) is 11.6. The Labute approximate surface area is 101 Å². The SMILES string of the molecule is CCCCNC(=O)NC1COc2ccccc21. The maximum atomic E-state index is 11.6. The molecule has 17 heavy (non-hydrogen) atoms. The van der Waals surface area contributed by atoms with Crippen molar-refractivity contribution in [1.29, 1.82) is 0 Å². The van der Waals surface area contributed by atoms with Crippen molar-refractivity contribution in [1.82, 2.24) is 10.6 Å². The molecule has 0 fully saturated rings. The second kappa shape index (κ2) is 5.57. The summed E-state index contributed by atoms with van der Waals surface area (Å²) in [6.45, 7) is 3.33. The van der Waals surface area contributed by atoms with Crippen LogP contribution < -0.4 is 15.4 Å². The molecule has 2 N–H and O–H groups in total. The van der Waals surface area contributed by atoms with E-state index in [0.29, 0.717) is 6.61 Å². The Hall–Kier alpha value is -1.71. The lowest BCUT2D eigenvalue weighted by Gasteiger charge is -2.12. The van der Waals surface area contributed by atoms with Gasteiger partial charge in [0, 0.05) is 12.1 Å². The molecule has 1 aliphatic heterocycles. The number of hydrogen-bond donors (Lipinski definition) is 2. The van der Waals surface area contributed by atoms with Crippen molar-refractivity contribution < 1.29 is 9.53 Å². The largest absolute Gasteiger partial charge is 0.491 e. The summed E-state index contributed by atoms with van der Waals surface area (Å²) in [7, 11) is 0. The van der Waals surface area contributed by atoms with Crippen LogP contribution in [0.1, 0.15) is 31.4 Å². The highest BCUT2D eigenvalue weighted by atomic mass is 16.5. The lowest BCUT2D eigenvalue weighted by Crippen LogP contribution is -2.38. The number of benzene rings is 1. The molecule has 0 aliphatic carbocycles. The molecule has 0 radical (unpaired) electrons. The first-order valence-electron chi connectivity index (χ1n) is 6.07. The zero-order chi connectivity index (χ0) is 12.1. The quantitative estimate of drug-likeness (QED) is 0.785. The second-order valence-electron chi connectivity index (χ2n) is 4.16. The van der Waals surface area contributed by atoms with Crippen LogP contribution in [0.4, 0.5) is 4.79 Å². The molecule has 4 heteroatoms. The Morgan fingerprint density at radius 3 is 3.12 bits per heavy atom. The van der Waals surface area contributed by atoms with Crippen LogP contribution in [0.15, 0.2) is 24.3 Å². The predicted octanol–water partition coefficient (Wildman–Crippen LogP) is 2.22. The van der Waals surface area contributed by atoms with E-state index >= 15 is 0 Å². The fourth-order valence-electron chi connectivity index (χ4n) is 1.87. The Bertz CT molecular complexity index is 393. The fraction of sp³-hybridized carbons (Fsp3) is 0.462. The number of carbonyl (C=O) groups is 1. The topological polar surface area (TPSA) is 50.4 Å². The lowest BCUT2D eigenvalue weighted by atomic mass is 10.1. The summed E-state index contributed by atoms with van der Waals surface area (Å²) in [5, 5.41) is 5.75. The van der Waals surface area contributed by atoms with E-state index in [1.165, 1.54) is 0 Å². The van der Waals surface area contributed by atoms with E-state index in [2.05, 4.69) is 17.6 Å². The van der Waals surface area contributed by atoms with E-state index in [-0.39, 0.29) is 12.1 Å². The van der Waals surface area contributed by atoms with Crippen molar-refractivity contribution in [2.75, 3.05) is 13.2 Å². The van der Waals surface area contributed by atoms with Crippen LogP contribution in [0.2, 0.25) is 0 Å². The summed E-state index contributed by atoms with van der Waals surface area (Å²) in [6, 6.07) is 7.64. The fourth-order valence-corrected chi connectivity index (χ4v) is 1.87. The Morgan fingerprint density at radius 1 is 1.47 bits per heavy atom. The van der Waals surface area contributed by atoms with E-state index in [0.717, 1.165) is 30.7 Å². The van der Waals surface area contributed by atoms with Crippen molar-refractivity contribution >= 4 is 6.03 Å². The second-order valence-corrected chi connectivity index (χ2v) is 4.16. The monoisotopic (exact) mass is 234 g/mol. The van der Waals surface area contributed by atoms with Gasteiger partial charge in [0.05, 0.1) is 6.04 Å². The van der Waals surface area contributed by atoms with Crippen LogP contribution in [0, 0.1) is 0 Å². The van der Waals surface area contributed by atoms with Crippen molar-refractivity contribution in [3.8, 4) is 5.75 Å². The highest BCUT2D eigenvalue weighted by molar-refractivity contribution is 5.74. The van der Waals surface area contributed by atoms with E-state index < -0.39 is 0 Å². The molecule has 1 heterocycles. The third-order valence-corrected chi connectivity index (χ3v) is 2.82. The van der Waals surface area contributed by atoms with E-state index in [9.17, 15) is 4.79 Å². The minimum absolute atomic E-state index is 0.0344. The summed E-state index contributed by atoms with van der Waals surface area (Å²) in [5.41, 5.74) is 1.05. The lowest BCUT2D eigenvalue weighted by molar-refractivity contribution is 0.232. The molecule has 1 aromatic rings. The summed E-state index contributed by atoms with van der Waals surface area (Å²) in [5.74, 6) is 0.867. The molecule has 1 atom stereocenters. The summed E-state index contributed by atoms with van der Waals surface area (Å²) < 4.78 is 5.50. The third kappa shape index (κ3) is 2.90. The smallest absolute Gasteiger partial charge is 0.315 e. The number of hydrogen-bond acceptors (Lipinski definition) is 2. The molecular formula is C13H18N2O2. The molecule has 1 aromatic carbocycles. The number of unbranched alkanes of at least 4 members (excludes halogenated alkanes) is 1. The number of amides is 2. The number of rotatable bonds is 4. The van der Waals surface area contributed by atoms with Crippen LogP contribution >= 0.6 is 0 Å². The Kier molecular flexibility index (Phi) is 3.85. The van der Waals surface area contributed by atoms with Crippen LogP contribution in [0.25, 0.3) is 0 Å². The number of fused-ring (bicyclic) bond motifs is 1. The van der Waals surface area contributed by atoms with E-state index in [1.807, 2.05) is 24.3 Å². The zero-order valence-corrected chi connectivity index (χ0v) is 10.0. The average Bonchev–Trinajstić information content (AvgIpc) is 2.73. The van der Waals surface area contributed by atoms with Gasteiger partial charge in [-0.3, -0.25) is 0 Å². The van der Waals surface area contributed by atoms with Crippen molar-refractivity contribution in [2.45, 2.75) is 25.8 Å². The van der Waals surface area contributed by atoms with Gasteiger partial charge in [0.2, 0.25) is 0 Å². The van der Waals surface area contributed by atoms with Gasteiger partial charge in [-0.05, 0) is 12.5 Å². The summed E-state index contributed by atoms with van der Waals surface area (Å²) >= 11 is 0. The first kappa shape index (κ1) is 11.8. The van der Waals surface area contributed by atoms with Gasteiger partial charge in [-0.15, -0.1) is 0 Å². The van der Waals surface area contributed by atoms with Gasteiger partial charge in [-0.1, -0.05) is 31.5 Å². The molecule has 1 unspecified atom stereocenters. The van der Waals surface area contributed by atoms with Crippen LogP contribution in [0.3, 0.4) is 0 Å². The number of nitrogens with one attached hydrogen (secondary N) is 2. The molecule has 0 saturated carbocycles. The zero-order valence-electron chi connectivity index (χ0n) is 10.0. The number of para-hydroxylation sites is 1. The molecule has 0 saturated heterocycles. The first-order chi connectivity index (χ1) is 8.31. The van der Waals surface area contributed by atoms with E-state index in [4.69, 9.17) is 4.74 Å². The minimum Gasteiger partial charge on any atom is -0.491 e. The van der Waals surface area contributed by atoms with Gasteiger partial charge in [0.1, 0.15) is 12.4 Å². The normalized spacial score (nSPS) is 17.1. The Morgan fingerprint density at radius 2 is 2.29 bits per heavy atom. The summed E-state index contributed by atoms with van der Waals surface area (Å²) in [6.07, 6.45) is 2.08. The number of urea groups is 1. The van der Waals surface area contributed by atoms with Crippen LogP contribution in [-0.2, 0) is 0 Å². The molecule has 1 aliphatic rings. The molecule has 0 aromatic heterocycles. The Balaban J connectivity index is 1.87. The maximum Gasteiger partial charge on any atom is 0.315 e. The van der Waals surface area contributed by atoms with Gasteiger partial charge < -0.3 is 15.4 Å². The third-order valence-electron chi connectivity index (χ3n) is 2.82. The molecule has 92 valence electrons. The number of carbonyl (C=O) groups excluding carboxylic acids is 1. The van der Waals surface area contributed by atoms with Crippen molar-refractivity contribution in [2.24, 2.45) is 0 Å². The predicted molar refractivity (Wildman–Crippen MR) is 66.1 cm³/mol. The standard InChI is InChI=1S/C13H18N2O2/c1-2-3-8-14-13(16)15-11-9-17-12-7-5-4-6-10(11)12/h4-7,11H,2-3,8-9H2,1H3,(H2,14,15,16). The van der Waals surface area contributed by atoms with E-state index in [1.54, 1.807) is 0 Å². The van der Waals surface area contributed by atoms with Gasteiger partial charge in [-0.2, -0.15) is 0 Å². The first-order valence-corrected chi connectivity index (χ1v) is 6.07. The van der Waals surface area contributed by atoms with Crippen LogP contribution in [-0.4, -0.2) is 19.2 Å². The minimum atomic E-state index is -0.122. The molecule has 4 nitrogen and oxygen atoms in total. The average molecular weight is 234 g/mol. The molecule has 0 spiro atoms. The van der Waals surface area contributed by atoms with Crippen molar-refractivity contribution in [3.63, 3.8) is 0 Å².